The molecule has 3 rings (SSSR count). The monoisotopic (exact) mass is 348 g/mol. The Kier molecular flexibility index (Phi) is 3.95. The molecule has 1 aromatic carbocycles. The molecule has 1 aromatic rings. The largest absolute Gasteiger partial charge is 0.454 e. The Morgan fingerprint density at radius 3 is 2.72 bits per heavy atom. The number of fused-ring (bicyclic) bond motifs is 1. The fourth-order valence-corrected chi connectivity index (χ4v) is 2.62. The molecule has 6 amide bonds. The van der Waals surface area contributed by atoms with Crippen LogP contribution in [0.3, 0.4) is 0 Å². The van der Waals surface area contributed by atoms with Gasteiger partial charge < -0.3 is 20.1 Å². The van der Waals surface area contributed by atoms with Gasteiger partial charge in [0.25, 0.3) is 5.91 Å². The first kappa shape index (κ1) is 16.6. The van der Waals surface area contributed by atoms with Crippen molar-refractivity contribution in [1.29, 1.82) is 0 Å². The van der Waals surface area contributed by atoms with E-state index >= 15 is 0 Å². The molecule has 0 spiro atoms. The van der Waals surface area contributed by atoms with Crippen LogP contribution in [0.4, 0.5) is 9.59 Å². The van der Waals surface area contributed by atoms with Gasteiger partial charge in [0.05, 0.1) is 0 Å². The lowest BCUT2D eigenvalue weighted by molar-refractivity contribution is -0.134. The van der Waals surface area contributed by atoms with Crippen LogP contribution in [0.15, 0.2) is 18.2 Å². The molecular weight excluding hydrogens is 332 g/mol. The van der Waals surface area contributed by atoms with Crippen LogP contribution < -0.4 is 25.4 Å². The van der Waals surface area contributed by atoms with Crippen molar-refractivity contribution >= 4 is 23.9 Å². The summed E-state index contributed by atoms with van der Waals surface area (Å²) in [6.45, 7) is 1.04. The van der Waals surface area contributed by atoms with Gasteiger partial charge >= 0.3 is 12.1 Å². The van der Waals surface area contributed by atoms with Crippen molar-refractivity contribution < 1.29 is 28.7 Å². The van der Waals surface area contributed by atoms with Crippen molar-refractivity contribution in [3.8, 4) is 11.5 Å². The Labute approximate surface area is 142 Å². The van der Waals surface area contributed by atoms with Gasteiger partial charge in [0.15, 0.2) is 11.5 Å². The molecule has 3 N–H and O–H groups in total. The molecule has 10 nitrogen and oxygen atoms in total. The van der Waals surface area contributed by atoms with Crippen molar-refractivity contribution in [2.45, 2.75) is 12.5 Å². The van der Waals surface area contributed by atoms with E-state index in [1.54, 1.807) is 18.2 Å². The quantitative estimate of drug-likeness (QED) is 0.640. The number of amides is 6. The van der Waals surface area contributed by atoms with Crippen LogP contribution >= 0.6 is 0 Å². The van der Waals surface area contributed by atoms with Gasteiger partial charge in [-0.3, -0.25) is 19.8 Å². The maximum absolute atomic E-state index is 12.7. The summed E-state index contributed by atoms with van der Waals surface area (Å²) in [7, 11) is 1.34. The summed E-state index contributed by atoms with van der Waals surface area (Å²) < 4.78 is 10.5. The minimum absolute atomic E-state index is 0.0849. The van der Waals surface area contributed by atoms with Crippen molar-refractivity contribution in [3.63, 3.8) is 0 Å². The van der Waals surface area contributed by atoms with Gasteiger partial charge in [-0.15, -0.1) is 0 Å². The number of imide groups is 2. The molecule has 1 saturated heterocycles. The Morgan fingerprint density at radius 2 is 2.00 bits per heavy atom. The van der Waals surface area contributed by atoms with Crippen LogP contribution in [0.1, 0.15) is 12.5 Å². The number of hydrogen-bond donors (Lipinski definition) is 3. The van der Waals surface area contributed by atoms with Gasteiger partial charge in [0.1, 0.15) is 12.1 Å². The molecule has 1 atom stereocenters. The highest BCUT2D eigenvalue weighted by Crippen LogP contribution is 2.37. The van der Waals surface area contributed by atoms with E-state index in [9.17, 15) is 19.2 Å². The maximum Gasteiger partial charge on any atom is 0.325 e. The number of carbonyl (C=O) groups excluding carboxylic acids is 4. The second-order valence-electron chi connectivity index (χ2n) is 5.64. The molecule has 25 heavy (non-hydrogen) atoms. The maximum atomic E-state index is 12.7. The highest BCUT2D eigenvalue weighted by molar-refractivity contribution is 6.10. The first-order valence-electron chi connectivity index (χ1n) is 7.41. The third kappa shape index (κ3) is 2.82. The van der Waals surface area contributed by atoms with Crippen molar-refractivity contribution in [2.75, 3.05) is 20.4 Å². The van der Waals surface area contributed by atoms with E-state index in [4.69, 9.17) is 9.47 Å². The predicted octanol–water partition coefficient (Wildman–Crippen LogP) is -0.362. The van der Waals surface area contributed by atoms with Crippen molar-refractivity contribution in [2.24, 2.45) is 0 Å². The first-order valence-corrected chi connectivity index (χ1v) is 7.41. The van der Waals surface area contributed by atoms with Crippen LogP contribution in [0, 0.1) is 0 Å². The van der Waals surface area contributed by atoms with Gasteiger partial charge in [-0.25, -0.2) is 9.59 Å². The van der Waals surface area contributed by atoms with E-state index in [0.29, 0.717) is 17.1 Å². The second-order valence-corrected chi connectivity index (χ2v) is 5.64. The van der Waals surface area contributed by atoms with Gasteiger partial charge in [-0.2, -0.15) is 0 Å². The smallest absolute Gasteiger partial charge is 0.325 e. The average Bonchev–Trinajstić information content (AvgIpc) is 3.13. The Bertz CT molecular complexity index is 779. The molecule has 0 aromatic heterocycles. The number of carbonyl (C=O) groups is 4. The van der Waals surface area contributed by atoms with E-state index in [1.165, 1.54) is 14.0 Å². The van der Waals surface area contributed by atoms with Gasteiger partial charge in [-0.1, -0.05) is 6.07 Å². The van der Waals surface area contributed by atoms with Crippen LogP contribution in [-0.4, -0.2) is 49.2 Å². The van der Waals surface area contributed by atoms with E-state index in [0.717, 1.165) is 4.90 Å². The summed E-state index contributed by atoms with van der Waals surface area (Å²) in [6, 6.07) is 3.44. The number of benzene rings is 1. The van der Waals surface area contributed by atoms with E-state index < -0.39 is 36.0 Å². The minimum Gasteiger partial charge on any atom is -0.454 e. The second kappa shape index (κ2) is 5.96. The molecule has 10 heteroatoms. The van der Waals surface area contributed by atoms with E-state index in [1.807, 2.05) is 5.32 Å². The van der Waals surface area contributed by atoms with Crippen LogP contribution in [0.5, 0.6) is 11.5 Å². The Balaban J connectivity index is 1.80. The van der Waals surface area contributed by atoms with Gasteiger partial charge in [0.2, 0.25) is 12.7 Å². The molecule has 0 aliphatic carbocycles. The average molecular weight is 348 g/mol. The summed E-state index contributed by atoms with van der Waals surface area (Å²) in [5, 5.41) is 6.78. The normalized spacial score (nSPS) is 21.1. The number of hydrogen-bond acceptors (Lipinski definition) is 6. The molecule has 2 aliphatic heterocycles. The molecule has 132 valence electrons. The fraction of sp³-hybridized carbons (Fsp3) is 0.333. The number of ether oxygens (including phenoxy) is 2. The molecule has 0 bridgehead atoms. The highest BCUT2D eigenvalue weighted by Gasteiger charge is 2.49. The molecule has 2 heterocycles. The zero-order chi connectivity index (χ0) is 18.2. The van der Waals surface area contributed by atoms with E-state index in [2.05, 4.69) is 10.6 Å². The van der Waals surface area contributed by atoms with Crippen molar-refractivity contribution in [1.82, 2.24) is 20.9 Å². The lowest BCUT2D eigenvalue weighted by Gasteiger charge is -2.22. The molecule has 0 saturated carbocycles. The number of rotatable bonds is 3. The van der Waals surface area contributed by atoms with E-state index in [-0.39, 0.29) is 6.79 Å². The fourth-order valence-electron chi connectivity index (χ4n) is 2.62. The number of nitrogens with zero attached hydrogens (tertiary/aromatic N) is 1. The topological polar surface area (TPSA) is 126 Å². The van der Waals surface area contributed by atoms with Crippen LogP contribution in [0.2, 0.25) is 0 Å². The summed E-state index contributed by atoms with van der Waals surface area (Å²) in [5.41, 5.74) is -0.866. The summed E-state index contributed by atoms with van der Waals surface area (Å²) >= 11 is 0. The Morgan fingerprint density at radius 1 is 1.28 bits per heavy atom. The molecular formula is C15H16N4O6. The SMILES string of the molecule is CNC(=O)NC(=O)CN1C(=O)N[C@](C)(c2ccc3c(c2)OCO3)C1=O. The summed E-state index contributed by atoms with van der Waals surface area (Å²) in [6.07, 6.45) is 0. The third-order valence-electron chi connectivity index (χ3n) is 4.01. The van der Waals surface area contributed by atoms with Crippen LogP contribution in [-0.2, 0) is 15.1 Å². The lowest BCUT2D eigenvalue weighted by atomic mass is 9.91. The molecule has 2 aliphatic rings. The molecule has 1 fully saturated rings. The first-order chi connectivity index (χ1) is 11.8. The third-order valence-corrected chi connectivity index (χ3v) is 4.01. The number of urea groups is 2. The highest BCUT2D eigenvalue weighted by atomic mass is 16.7. The van der Waals surface area contributed by atoms with Crippen molar-refractivity contribution in [3.05, 3.63) is 23.8 Å². The molecule has 0 unspecified atom stereocenters. The standard InChI is InChI=1S/C15H16N4O6/c1-15(8-3-4-9-10(5-8)25-7-24-9)12(21)19(14(23)18-15)6-11(20)17-13(22)16-2/h3-5H,6-7H2,1-2H3,(H,18,23)(H2,16,17,20,22)/t15-/m1/s1. The predicted molar refractivity (Wildman–Crippen MR) is 82.8 cm³/mol. The summed E-state index contributed by atoms with van der Waals surface area (Å²) in [4.78, 5) is 48.5. The number of nitrogens with one attached hydrogen (secondary N) is 3. The summed E-state index contributed by atoms with van der Waals surface area (Å²) in [5.74, 6) is -0.372. The molecule has 0 radical (unpaired) electrons. The van der Waals surface area contributed by atoms with Crippen LogP contribution in [0.25, 0.3) is 0 Å². The lowest BCUT2D eigenvalue weighted by Crippen LogP contribution is -2.46. The zero-order valence-electron chi connectivity index (χ0n) is 13.5. The zero-order valence-corrected chi connectivity index (χ0v) is 13.5. The Hall–Kier alpha value is -3.30. The minimum atomic E-state index is -1.36. The van der Waals surface area contributed by atoms with Gasteiger partial charge in [0, 0.05) is 7.05 Å². The van der Waals surface area contributed by atoms with Gasteiger partial charge in [-0.05, 0) is 24.6 Å².